The van der Waals surface area contributed by atoms with E-state index in [2.05, 4.69) is 0 Å². The quantitative estimate of drug-likeness (QED) is 0.798. The van der Waals surface area contributed by atoms with Crippen molar-refractivity contribution >= 4 is 33.4 Å². The second-order valence-corrected chi connectivity index (χ2v) is 6.61. The lowest BCUT2D eigenvalue weighted by Gasteiger charge is -2.17. The number of hydrogen-bond donors (Lipinski definition) is 0. The Balaban J connectivity index is 2.22. The minimum atomic E-state index is -3.09. The summed E-state index contributed by atoms with van der Waals surface area (Å²) >= 11 is 5.60. The third kappa shape index (κ3) is 3.06. The average molecular weight is 286 g/mol. The van der Waals surface area contributed by atoms with Crippen LogP contribution in [0.2, 0.25) is 0 Å². The molecule has 0 amide bonds. The van der Waals surface area contributed by atoms with Crippen molar-refractivity contribution in [2.75, 3.05) is 22.5 Å². The molecule has 1 fully saturated rings. The van der Waals surface area contributed by atoms with E-state index in [0.717, 1.165) is 17.7 Å². The van der Waals surface area contributed by atoms with Gasteiger partial charge in [0.2, 0.25) is 10.0 Å². The van der Waals surface area contributed by atoms with Gasteiger partial charge in [-0.05, 0) is 30.5 Å². The largest absolute Gasteiger partial charge is 0.270 e. The van der Waals surface area contributed by atoms with Gasteiger partial charge in [-0.25, -0.2) is 8.42 Å². The van der Waals surface area contributed by atoms with Crippen LogP contribution in [-0.2, 0) is 10.0 Å². The van der Waals surface area contributed by atoms with E-state index in [1.54, 1.807) is 0 Å². The molecule has 3 nitrogen and oxygen atoms in total. The summed E-state index contributed by atoms with van der Waals surface area (Å²) in [6.45, 7) is 0.581. The molecule has 1 saturated heterocycles. The lowest BCUT2D eigenvalue weighted by atomic mass is 10.2. The molecule has 0 atom stereocenters. The molecule has 2 rings (SSSR count). The Labute approximate surface area is 113 Å². The van der Waals surface area contributed by atoms with Crippen LogP contribution >= 0.6 is 11.6 Å². The van der Waals surface area contributed by atoms with E-state index in [4.69, 9.17) is 11.6 Å². The zero-order valence-electron chi connectivity index (χ0n) is 10.0. The summed E-state index contributed by atoms with van der Waals surface area (Å²) in [4.78, 5) is 0. The minimum Gasteiger partial charge on any atom is -0.270 e. The Morgan fingerprint density at radius 2 is 2.22 bits per heavy atom. The zero-order valence-corrected chi connectivity index (χ0v) is 11.6. The predicted octanol–water partition coefficient (Wildman–Crippen LogP) is 2.87. The molecule has 5 heteroatoms. The van der Waals surface area contributed by atoms with Crippen molar-refractivity contribution in [1.29, 1.82) is 0 Å². The van der Waals surface area contributed by atoms with Gasteiger partial charge >= 0.3 is 0 Å². The SMILES string of the molecule is O=S1(=O)CCCN1c1cccc(C=CCCCl)c1. The lowest BCUT2D eigenvalue weighted by molar-refractivity contribution is 0.599. The van der Waals surface area contributed by atoms with Crippen molar-refractivity contribution < 1.29 is 8.42 Å². The fourth-order valence-electron chi connectivity index (χ4n) is 2.00. The highest BCUT2D eigenvalue weighted by Crippen LogP contribution is 2.25. The molecule has 1 aromatic rings. The van der Waals surface area contributed by atoms with Gasteiger partial charge in [-0.3, -0.25) is 4.31 Å². The third-order valence-corrected chi connectivity index (χ3v) is 4.93. The van der Waals surface area contributed by atoms with Gasteiger partial charge in [-0.2, -0.15) is 0 Å². The minimum absolute atomic E-state index is 0.249. The van der Waals surface area contributed by atoms with E-state index >= 15 is 0 Å². The van der Waals surface area contributed by atoms with Crippen molar-refractivity contribution in [3.63, 3.8) is 0 Å². The molecule has 0 saturated carbocycles. The smallest absolute Gasteiger partial charge is 0.235 e. The maximum absolute atomic E-state index is 11.8. The van der Waals surface area contributed by atoms with E-state index in [1.165, 1.54) is 4.31 Å². The first-order chi connectivity index (χ1) is 8.63. The zero-order chi connectivity index (χ0) is 13.0. The monoisotopic (exact) mass is 285 g/mol. The lowest BCUT2D eigenvalue weighted by Crippen LogP contribution is -2.24. The van der Waals surface area contributed by atoms with Crippen LogP contribution in [0.5, 0.6) is 0 Å². The van der Waals surface area contributed by atoms with Gasteiger partial charge in [0.1, 0.15) is 0 Å². The molecule has 0 aliphatic carbocycles. The van der Waals surface area contributed by atoms with Crippen LogP contribution < -0.4 is 4.31 Å². The molecule has 1 aromatic carbocycles. The molecule has 1 aliphatic rings. The van der Waals surface area contributed by atoms with Crippen LogP contribution in [-0.4, -0.2) is 26.6 Å². The van der Waals surface area contributed by atoms with E-state index in [0.29, 0.717) is 18.8 Å². The number of rotatable bonds is 4. The Kier molecular flexibility index (Phi) is 4.30. The fraction of sp³-hybridized carbons (Fsp3) is 0.385. The van der Waals surface area contributed by atoms with E-state index in [9.17, 15) is 8.42 Å². The highest BCUT2D eigenvalue weighted by molar-refractivity contribution is 7.93. The standard InChI is InChI=1S/C13H16ClNO2S/c14-8-2-1-5-12-6-3-7-13(11-12)15-9-4-10-18(15,16)17/h1,3,5-7,11H,2,4,8-10H2. The van der Waals surface area contributed by atoms with Crippen LogP contribution in [0.3, 0.4) is 0 Å². The number of hydrogen-bond acceptors (Lipinski definition) is 2. The van der Waals surface area contributed by atoms with Crippen LogP contribution in [0.4, 0.5) is 5.69 Å². The van der Waals surface area contributed by atoms with E-state index in [1.807, 2.05) is 36.4 Å². The van der Waals surface area contributed by atoms with Gasteiger partial charge in [0.05, 0.1) is 11.4 Å². The second-order valence-electron chi connectivity index (χ2n) is 4.22. The molecule has 1 heterocycles. The molecular formula is C13H16ClNO2S. The van der Waals surface area contributed by atoms with E-state index in [-0.39, 0.29) is 5.75 Å². The van der Waals surface area contributed by atoms with Crippen molar-refractivity contribution in [3.05, 3.63) is 35.9 Å². The summed E-state index contributed by atoms with van der Waals surface area (Å²) in [6, 6.07) is 7.57. The average Bonchev–Trinajstić information content (AvgIpc) is 2.70. The summed E-state index contributed by atoms with van der Waals surface area (Å²) in [5.74, 6) is 0.843. The van der Waals surface area contributed by atoms with Crippen LogP contribution in [0.25, 0.3) is 6.08 Å². The van der Waals surface area contributed by atoms with Gasteiger partial charge in [-0.15, -0.1) is 11.6 Å². The highest BCUT2D eigenvalue weighted by atomic mass is 35.5. The number of benzene rings is 1. The first-order valence-corrected chi connectivity index (χ1v) is 8.11. The van der Waals surface area contributed by atoms with Gasteiger partial charge in [0.15, 0.2) is 0 Å². The molecule has 98 valence electrons. The van der Waals surface area contributed by atoms with Gasteiger partial charge < -0.3 is 0 Å². The summed E-state index contributed by atoms with van der Waals surface area (Å²) in [6.07, 6.45) is 5.47. The number of nitrogens with zero attached hydrogens (tertiary/aromatic N) is 1. The molecule has 0 unspecified atom stereocenters. The van der Waals surface area contributed by atoms with Crippen molar-refractivity contribution in [1.82, 2.24) is 0 Å². The number of alkyl halides is 1. The van der Waals surface area contributed by atoms with Gasteiger partial charge in [0, 0.05) is 12.4 Å². The highest BCUT2D eigenvalue weighted by Gasteiger charge is 2.28. The van der Waals surface area contributed by atoms with Crippen LogP contribution in [0.1, 0.15) is 18.4 Å². The summed E-state index contributed by atoms with van der Waals surface area (Å²) < 4.78 is 25.1. The number of anilines is 1. The van der Waals surface area contributed by atoms with E-state index < -0.39 is 10.0 Å². The number of halogens is 1. The Morgan fingerprint density at radius 1 is 1.39 bits per heavy atom. The third-order valence-electron chi connectivity index (χ3n) is 2.84. The first-order valence-electron chi connectivity index (χ1n) is 5.96. The maximum Gasteiger partial charge on any atom is 0.235 e. The Morgan fingerprint density at radius 3 is 2.89 bits per heavy atom. The summed E-state index contributed by atoms with van der Waals surface area (Å²) in [5, 5.41) is 0. The molecule has 0 N–H and O–H groups in total. The summed E-state index contributed by atoms with van der Waals surface area (Å²) in [5.41, 5.74) is 1.75. The van der Waals surface area contributed by atoms with Gasteiger partial charge in [-0.1, -0.05) is 24.3 Å². The maximum atomic E-state index is 11.8. The first kappa shape index (κ1) is 13.4. The Bertz CT molecular complexity index is 540. The molecule has 0 spiro atoms. The molecule has 1 aliphatic heterocycles. The second kappa shape index (κ2) is 5.76. The topological polar surface area (TPSA) is 37.4 Å². The number of sulfonamides is 1. The van der Waals surface area contributed by atoms with Crippen molar-refractivity contribution in [3.8, 4) is 0 Å². The van der Waals surface area contributed by atoms with Crippen LogP contribution in [0.15, 0.2) is 30.3 Å². The molecule has 0 radical (unpaired) electrons. The molecule has 0 aromatic heterocycles. The van der Waals surface area contributed by atoms with Gasteiger partial charge in [0.25, 0.3) is 0 Å². The van der Waals surface area contributed by atoms with Crippen LogP contribution in [0, 0.1) is 0 Å². The Hall–Kier alpha value is -1.00. The molecule has 0 bridgehead atoms. The fourth-order valence-corrected chi connectivity index (χ4v) is 3.68. The molecular weight excluding hydrogens is 270 g/mol. The normalized spacial score (nSPS) is 18.6. The predicted molar refractivity (Wildman–Crippen MR) is 76.6 cm³/mol. The molecule has 18 heavy (non-hydrogen) atoms. The summed E-state index contributed by atoms with van der Waals surface area (Å²) in [7, 11) is -3.09. The number of allylic oxidation sites excluding steroid dienone is 1. The van der Waals surface area contributed by atoms with Crippen molar-refractivity contribution in [2.24, 2.45) is 0 Å². The van der Waals surface area contributed by atoms with Crippen molar-refractivity contribution in [2.45, 2.75) is 12.8 Å².